The number of hydrogen-bond donors (Lipinski definition) is 3. The number of rotatable bonds is 7. The van der Waals surface area contributed by atoms with Crippen LogP contribution in [0.4, 0.5) is 4.79 Å². The lowest BCUT2D eigenvalue weighted by Gasteiger charge is -2.23. The first kappa shape index (κ1) is 18.9. The Hall–Kier alpha value is -2.40. The van der Waals surface area contributed by atoms with Crippen molar-refractivity contribution in [2.75, 3.05) is 6.54 Å². The fourth-order valence-corrected chi connectivity index (χ4v) is 2.70. The number of urea groups is 1. The number of hydrogen-bond acceptors (Lipinski definition) is 3. The molecule has 2 aromatic rings. The topological polar surface area (TPSA) is 74.2 Å². The van der Waals surface area contributed by atoms with E-state index in [1.165, 1.54) is 0 Å². The Morgan fingerprint density at radius 2 is 1.84 bits per heavy atom. The molecule has 0 spiro atoms. The normalized spacial score (nSPS) is 12.0. The third kappa shape index (κ3) is 5.57. The summed E-state index contributed by atoms with van der Waals surface area (Å²) in [5.74, 6) is 0.241. The van der Waals surface area contributed by atoms with E-state index in [-0.39, 0.29) is 24.6 Å². The summed E-state index contributed by atoms with van der Waals surface area (Å²) in [6.45, 7) is 6.75. The zero-order valence-electron chi connectivity index (χ0n) is 15.1. The molecule has 5 heteroatoms. The average molecular weight is 341 g/mol. The molecule has 0 fully saturated rings. The molecule has 0 saturated carbocycles. The van der Waals surface area contributed by atoms with Gasteiger partial charge < -0.3 is 15.7 Å². The number of aliphatic hydroxyl groups excluding tert-OH is 1. The summed E-state index contributed by atoms with van der Waals surface area (Å²) in [5, 5.41) is 15.0. The minimum atomic E-state index is -0.185. The highest BCUT2D eigenvalue weighted by Crippen LogP contribution is 2.22. The minimum Gasteiger partial charge on any atom is -0.392 e. The van der Waals surface area contributed by atoms with Gasteiger partial charge in [0, 0.05) is 12.7 Å². The molecule has 0 aliphatic carbocycles. The number of aliphatic hydroxyl groups is 1. The second-order valence-electron chi connectivity index (χ2n) is 6.55. The van der Waals surface area contributed by atoms with Crippen LogP contribution in [0.1, 0.15) is 42.3 Å². The van der Waals surface area contributed by atoms with Crippen molar-refractivity contribution in [2.45, 2.75) is 39.8 Å². The van der Waals surface area contributed by atoms with Crippen LogP contribution in [0.15, 0.2) is 42.6 Å². The van der Waals surface area contributed by atoms with E-state index in [2.05, 4.69) is 29.5 Å². The lowest BCUT2D eigenvalue weighted by atomic mass is 9.97. The lowest BCUT2D eigenvalue weighted by Crippen LogP contribution is -2.41. The maximum atomic E-state index is 12.3. The van der Waals surface area contributed by atoms with Gasteiger partial charge in [0.05, 0.1) is 18.3 Å². The Balaban J connectivity index is 1.88. The number of nitrogens with zero attached hydrogens (tertiary/aromatic N) is 1. The van der Waals surface area contributed by atoms with Crippen molar-refractivity contribution in [2.24, 2.45) is 5.92 Å². The first-order valence-electron chi connectivity index (χ1n) is 8.65. The smallest absolute Gasteiger partial charge is 0.315 e. The largest absolute Gasteiger partial charge is 0.392 e. The summed E-state index contributed by atoms with van der Waals surface area (Å²) in [6, 6.07) is 11.3. The van der Waals surface area contributed by atoms with Crippen molar-refractivity contribution >= 4 is 6.03 Å². The van der Waals surface area contributed by atoms with E-state index in [0.717, 1.165) is 28.8 Å². The van der Waals surface area contributed by atoms with Crippen molar-refractivity contribution in [1.82, 2.24) is 15.6 Å². The zero-order valence-corrected chi connectivity index (χ0v) is 15.1. The molecule has 2 rings (SSSR count). The van der Waals surface area contributed by atoms with E-state index >= 15 is 0 Å². The van der Waals surface area contributed by atoms with Crippen molar-refractivity contribution in [3.05, 3.63) is 65.0 Å². The number of amides is 2. The van der Waals surface area contributed by atoms with E-state index in [1.807, 2.05) is 43.3 Å². The van der Waals surface area contributed by atoms with Crippen molar-refractivity contribution in [3.63, 3.8) is 0 Å². The fraction of sp³-hybridized carbons (Fsp3) is 0.400. The van der Waals surface area contributed by atoms with Gasteiger partial charge in [0.2, 0.25) is 0 Å². The van der Waals surface area contributed by atoms with E-state index < -0.39 is 0 Å². The highest BCUT2D eigenvalue weighted by Gasteiger charge is 2.20. The summed E-state index contributed by atoms with van der Waals surface area (Å²) in [7, 11) is 0. The predicted molar refractivity (Wildman–Crippen MR) is 99.2 cm³/mol. The monoisotopic (exact) mass is 341 g/mol. The molecule has 25 heavy (non-hydrogen) atoms. The van der Waals surface area contributed by atoms with Gasteiger partial charge in [0.15, 0.2) is 0 Å². The molecule has 134 valence electrons. The molecule has 0 bridgehead atoms. The molecule has 1 unspecified atom stereocenters. The standard InChI is InChI=1S/C20H27N3O2/c1-14(2)18(19-15(3)5-4-11-21-19)23-20(25)22-12-10-16-6-8-17(13-24)9-7-16/h4-9,11,14,18,24H,10,12-13H2,1-3H3,(H2,22,23,25). The van der Waals surface area contributed by atoms with Crippen LogP contribution in [0, 0.1) is 12.8 Å². The first-order valence-corrected chi connectivity index (χ1v) is 8.65. The number of carbonyl (C=O) groups is 1. The van der Waals surface area contributed by atoms with Crippen LogP contribution in [-0.4, -0.2) is 22.7 Å². The van der Waals surface area contributed by atoms with Gasteiger partial charge in [-0.1, -0.05) is 44.2 Å². The summed E-state index contributed by atoms with van der Waals surface area (Å²) < 4.78 is 0. The predicted octanol–water partition coefficient (Wildman–Crippen LogP) is 3.12. The van der Waals surface area contributed by atoms with E-state index in [0.29, 0.717) is 6.54 Å². The van der Waals surface area contributed by atoms with Crippen molar-refractivity contribution < 1.29 is 9.90 Å². The second-order valence-corrected chi connectivity index (χ2v) is 6.55. The fourth-order valence-electron chi connectivity index (χ4n) is 2.70. The van der Waals surface area contributed by atoms with Gasteiger partial charge in [-0.3, -0.25) is 4.98 Å². The van der Waals surface area contributed by atoms with E-state index in [1.54, 1.807) is 6.20 Å². The average Bonchev–Trinajstić information content (AvgIpc) is 2.61. The van der Waals surface area contributed by atoms with Gasteiger partial charge in [-0.15, -0.1) is 0 Å². The molecular weight excluding hydrogens is 314 g/mol. The molecular formula is C20H27N3O2. The van der Waals surface area contributed by atoms with Gasteiger partial charge in [-0.05, 0) is 42.0 Å². The summed E-state index contributed by atoms with van der Waals surface area (Å²) in [6.07, 6.45) is 2.50. The third-order valence-corrected chi connectivity index (χ3v) is 4.20. The Morgan fingerprint density at radius 3 is 2.44 bits per heavy atom. The van der Waals surface area contributed by atoms with Crippen LogP contribution < -0.4 is 10.6 Å². The quantitative estimate of drug-likeness (QED) is 0.724. The zero-order chi connectivity index (χ0) is 18.2. The van der Waals surface area contributed by atoms with Gasteiger partial charge in [-0.25, -0.2) is 4.79 Å². The Morgan fingerprint density at radius 1 is 1.16 bits per heavy atom. The molecule has 3 N–H and O–H groups in total. The molecule has 2 amide bonds. The molecule has 0 aliphatic heterocycles. The number of aromatic nitrogens is 1. The maximum Gasteiger partial charge on any atom is 0.315 e. The number of pyridine rings is 1. The van der Waals surface area contributed by atoms with Gasteiger partial charge in [0.1, 0.15) is 0 Å². The molecule has 1 heterocycles. The third-order valence-electron chi connectivity index (χ3n) is 4.20. The van der Waals surface area contributed by atoms with Crippen LogP contribution in [0.5, 0.6) is 0 Å². The highest BCUT2D eigenvalue weighted by atomic mass is 16.3. The number of aryl methyl sites for hydroxylation is 1. The van der Waals surface area contributed by atoms with Gasteiger partial charge in [0.25, 0.3) is 0 Å². The summed E-state index contributed by atoms with van der Waals surface area (Å²) in [5.41, 5.74) is 4.00. The highest BCUT2D eigenvalue weighted by molar-refractivity contribution is 5.74. The van der Waals surface area contributed by atoms with Crippen molar-refractivity contribution in [1.29, 1.82) is 0 Å². The molecule has 1 aromatic carbocycles. The molecule has 5 nitrogen and oxygen atoms in total. The summed E-state index contributed by atoms with van der Waals surface area (Å²) >= 11 is 0. The van der Waals surface area contributed by atoms with E-state index in [4.69, 9.17) is 5.11 Å². The van der Waals surface area contributed by atoms with Crippen LogP contribution >= 0.6 is 0 Å². The summed E-state index contributed by atoms with van der Waals surface area (Å²) in [4.78, 5) is 16.7. The van der Waals surface area contributed by atoms with Crippen LogP contribution in [-0.2, 0) is 13.0 Å². The second kappa shape index (κ2) is 9.18. The Labute approximate surface area is 149 Å². The number of benzene rings is 1. The number of nitrogens with one attached hydrogen (secondary N) is 2. The SMILES string of the molecule is Cc1cccnc1C(NC(=O)NCCc1ccc(CO)cc1)C(C)C. The van der Waals surface area contributed by atoms with Crippen LogP contribution in [0.3, 0.4) is 0 Å². The Bertz CT molecular complexity index is 684. The Kier molecular flexibility index (Phi) is 6.95. The molecule has 0 saturated heterocycles. The first-order chi connectivity index (χ1) is 12.0. The van der Waals surface area contributed by atoms with E-state index in [9.17, 15) is 4.79 Å². The molecule has 0 radical (unpaired) electrons. The van der Waals surface area contributed by atoms with Gasteiger partial charge in [-0.2, -0.15) is 0 Å². The van der Waals surface area contributed by atoms with Crippen molar-refractivity contribution in [3.8, 4) is 0 Å². The van der Waals surface area contributed by atoms with Crippen LogP contribution in [0.25, 0.3) is 0 Å². The minimum absolute atomic E-state index is 0.0461. The lowest BCUT2D eigenvalue weighted by molar-refractivity contribution is 0.232. The molecule has 0 aliphatic rings. The maximum absolute atomic E-state index is 12.3. The number of carbonyl (C=O) groups excluding carboxylic acids is 1. The van der Waals surface area contributed by atoms with Crippen LogP contribution in [0.2, 0.25) is 0 Å². The molecule has 1 atom stereocenters. The van der Waals surface area contributed by atoms with Gasteiger partial charge >= 0.3 is 6.03 Å². The molecule has 1 aromatic heterocycles.